The molecule has 0 saturated carbocycles. The van der Waals surface area contributed by atoms with Gasteiger partial charge in [0.2, 0.25) is 0 Å². The maximum Gasteiger partial charge on any atom is 0.175 e. The zero-order valence-corrected chi connectivity index (χ0v) is 13.4. The molecule has 0 amide bonds. The minimum atomic E-state index is -3.27. The number of aliphatic hydroxyl groups is 1. The van der Waals surface area contributed by atoms with Crippen LogP contribution in [0.5, 0.6) is 0 Å². The maximum absolute atomic E-state index is 11.8. The SMILES string of the molecule is C[C@@H]1CN(c2ncnc3ccc(S(C)(=O)=O)cc23)C[C@H]1CO. The van der Waals surface area contributed by atoms with Crippen molar-refractivity contribution < 1.29 is 13.5 Å². The molecule has 1 aliphatic heterocycles. The molecule has 0 unspecified atom stereocenters. The highest BCUT2D eigenvalue weighted by Crippen LogP contribution is 2.31. The first-order valence-corrected chi connectivity index (χ1v) is 9.10. The second kappa shape index (κ2) is 5.48. The highest BCUT2D eigenvalue weighted by Gasteiger charge is 2.30. The number of hydrogen-bond donors (Lipinski definition) is 1. The molecule has 1 aromatic carbocycles. The number of rotatable bonds is 3. The third-order valence-electron chi connectivity index (χ3n) is 4.32. The van der Waals surface area contributed by atoms with Crippen molar-refractivity contribution in [3.8, 4) is 0 Å². The number of sulfone groups is 1. The third-order valence-corrected chi connectivity index (χ3v) is 5.43. The minimum absolute atomic E-state index is 0.148. The summed E-state index contributed by atoms with van der Waals surface area (Å²) < 4.78 is 23.5. The molecular weight excluding hydrogens is 302 g/mol. The Morgan fingerprint density at radius 1 is 1.32 bits per heavy atom. The molecule has 2 atom stereocenters. The number of fused-ring (bicyclic) bond motifs is 1. The largest absolute Gasteiger partial charge is 0.396 e. The summed E-state index contributed by atoms with van der Waals surface area (Å²) in [6.07, 6.45) is 2.69. The quantitative estimate of drug-likeness (QED) is 0.911. The molecule has 118 valence electrons. The van der Waals surface area contributed by atoms with Gasteiger partial charge in [-0.1, -0.05) is 6.92 Å². The summed E-state index contributed by atoms with van der Waals surface area (Å²) in [5, 5.41) is 10.2. The number of benzene rings is 1. The fourth-order valence-corrected chi connectivity index (χ4v) is 3.60. The molecule has 6 nitrogen and oxygen atoms in total. The Morgan fingerprint density at radius 3 is 2.73 bits per heavy atom. The third kappa shape index (κ3) is 2.66. The average Bonchev–Trinajstić information content (AvgIpc) is 2.86. The van der Waals surface area contributed by atoms with Crippen molar-refractivity contribution in [2.75, 3.05) is 30.9 Å². The van der Waals surface area contributed by atoms with Gasteiger partial charge in [-0.2, -0.15) is 0 Å². The molecule has 1 aromatic heterocycles. The van der Waals surface area contributed by atoms with E-state index in [4.69, 9.17) is 0 Å². The van der Waals surface area contributed by atoms with Gasteiger partial charge in [0.1, 0.15) is 12.1 Å². The smallest absolute Gasteiger partial charge is 0.175 e. The first-order valence-electron chi connectivity index (χ1n) is 7.21. The van der Waals surface area contributed by atoms with Crippen LogP contribution in [0, 0.1) is 11.8 Å². The summed E-state index contributed by atoms with van der Waals surface area (Å²) in [5.74, 6) is 1.31. The van der Waals surface area contributed by atoms with Crippen molar-refractivity contribution in [2.24, 2.45) is 11.8 Å². The molecule has 0 aliphatic carbocycles. The normalized spacial score (nSPS) is 22.4. The van der Waals surface area contributed by atoms with Crippen LogP contribution in [-0.4, -0.2) is 49.4 Å². The number of aliphatic hydroxyl groups excluding tert-OH is 1. The molecule has 3 rings (SSSR count). The molecule has 1 fully saturated rings. The van der Waals surface area contributed by atoms with Crippen LogP contribution in [0.3, 0.4) is 0 Å². The summed E-state index contributed by atoms with van der Waals surface area (Å²) in [7, 11) is -3.27. The summed E-state index contributed by atoms with van der Waals surface area (Å²) in [6, 6.07) is 4.91. The van der Waals surface area contributed by atoms with E-state index >= 15 is 0 Å². The predicted octanol–water partition coefficient (Wildman–Crippen LogP) is 1.10. The van der Waals surface area contributed by atoms with Crippen LogP contribution in [0.1, 0.15) is 6.92 Å². The van der Waals surface area contributed by atoms with Crippen molar-refractivity contribution in [3.63, 3.8) is 0 Å². The van der Waals surface area contributed by atoms with E-state index in [1.807, 2.05) is 0 Å². The Hall–Kier alpha value is -1.73. The Labute approximate surface area is 129 Å². The standard InChI is InChI=1S/C15H19N3O3S/c1-10-6-18(7-11(10)8-19)15-13-5-12(22(2,20)21)3-4-14(13)16-9-17-15/h3-5,9-11,19H,6-8H2,1-2H3/t10-,11+/m1/s1. The van der Waals surface area contributed by atoms with Crippen molar-refractivity contribution in [2.45, 2.75) is 11.8 Å². The van der Waals surface area contributed by atoms with E-state index in [0.717, 1.165) is 23.3 Å². The van der Waals surface area contributed by atoms with Crippen molar-refractivity contribution >= 4 is 26.6 Å². The van der Waals surface area contributed by atoms with Crippen LogP contribution < -0.4 is 4.90 Å². The molecule has 1 N–H and O–H groups in total. The van der Waals surface area contributed by atoms with Gasteiger partial charge in [-0.05, 0) is 24.1 Å². The van der Waals surface area contributed by atoms with Gasteiger partial charge in [-0.15, -0.1) is 0 Å². The van der Waals surface area contributed by atoms with Crippen LogP contribution in [0.15, 0.2) is 29.4 Å². The molecule has 0 bridgehead atoms. The van der Waals surface area contributed by atoms with E-state index in [9.17, 15) is 13.5 Å². The molecular formula is C15H19N3O3S. The summed E-state index contributed by atoms with van der Waals surface area (Å²) in [5.41, 5.74) is 0.720. The van der Waals surface area contributed by atoms with Gasteiger partial charge >= 0.3 is 0 Å². The van der Waals surface area contributed by atoms with E-state index in [1.54, 1.807) is 18.2 Å². The van der Waals surface area contributed by atoms with Gasteiger partial charge in [0.15, 0.2) is 9.84 Å². The number of nitrogens with zero attached hydrogens (tertiary/aromatic N) is 3. The van der Waals surface area contributed by atoms with E-state index in [2.05, 4.69) is 21.8 Å². The Bertz CT molecular complexity index is 807. The lowest BCUT2D eigenvalue weighted by Crippen LogP contribution is -2.22. The highest BCUT2D eigenvalue weighted by atomic mass is 32.2. The number of hydrogen-bond acceptors (Lipinski definition) is 6. The van der Waals surface area contributed by atoms with Gasteiger partial charge < -0.3 is 10.0 Å². The topological polar surface area (TPSA) is 83.4 Å². The predicted molar refractivity (Wildman–Crippen MR) is 84.6 cm³/mol. The second-order valence-corrected chi connectivity index (χ2v) is 7.99. The van der Waals surface area contributed by atoms with Crippen LogP contribution in [0.25, 0.3) is 10.9 Å². The molecule has 1 saturated heterocycles. The number of anilines is 1. The fraction of sp³-hybridized carbons (Fsp3) is 0.467. The number of aromatic nitrogens is 2. The lowest BCUT2D eigenvalue weighted by molar-refractivity contribution is 0.212. The summed E-state index contributed by atoms with van der Waals surface area (Å²) >= 11 is 0. The first-order chi connectivity index (χ1) is 10.4. The van der Waals surface area contributed by atoms with Gasteiger partial charge in [-0.25, -0.2) is 18.4 Å². The average molecular weight is 321 g/mol. The lowest BCUT2D eigenvalue weighted by atomic mass is 10.00. The van der Waals surface area contributed by atoms with Gasteiger partial charge in [0.25, 0.3) is 0 Å². The van der Waals surface area contributed by atoms with E-state index in [1.165, 1.54) is 12.6 Å². The molecule has 1 aliphatic rings. The molecule has 22 heavy (non-hydrogen) atoms. The monoisotopic (exact) mass is 321 g/mol. The second-order valence-electron chi connectivity index (χ2n) is 5.97. The maximum atomic E-state index is 11.8. The Morgan fingerprint density at radius 2 is 2.09 bits per heavy atom. The van der Waals surface area contributed by atoms with Crippen LogP contribution >= 0.6 is 0 Å². The first kappa shape index (κ1) is 15.2. The van der Waals surface area contributed by atoms with Gasteiger partial charge in [0, 0.05) is 37.3 Å². The van der Waals surface area contributed by atoms with E-state index in [-0.39, 0.29) is 17.4 Å². The summed E-state index contributed by atoms with van der Waals surface area (Å²) in [4.78, 5) is 10.9. The van der Waals surface area contributed by atoms with Crippen molar-refractivity contribution in [1.82, 2.24) is 9.97 Å². The van der Waals surface area contributed by atoms with Crippen LogP contribution in [0.2, 0.25) is 0 Å². The zero-order valence-electron chi connectivity index (χ0n) is 12.6. The van der Waals surface area contributed by atoms with Gasteiger partial charge in [-0.3, -0.25) is 0 Å². The van der Waals surface area contributed by atoms with Crippen LogP contribution in [0.4, 0.5) is 5.82 Å². The molecule has 2 aromatic rings. The van der Waals surface area contributed by atoms with Crippen molar-refractivity contribution in [3.05, 3.63) is 24.5 Å². The van der Waals surface area contributed by atoms with Crippen molar-refractivity contribution in [1.29, 1.82) is 0 Å². The highest BCUT2D eigenvalue weighted by molar-refractivity contribution is 7.90. The van der Waals surface area contributed by atoms with Gasteiger partial charge in [0.05, 0.1) is 10.4 Å². The van der Waals surface area contributed by atoms with E-state index in [0.29, 0.717) is 12.5 Å². The molecule has 0 radical (unpaired) electrons. The Kier molecular flexibility index (Phi) is 3.78. The lowest BCUT2D eigenvalue weighted by Gasteiger charge is -2.19. The minimum Gasteiger partial charge on any atom is -0.396 e. The summed E-state index contributed by atoms with van der Waals surface area (Å²) in [6.45, 7) is 3.76. The molecule has 2 heterocycles. The van der Waals surface area contributed by atoms with E-state index < -0.39 is 9.84 Å². The fourth-order valence-electron chi connectivity index (χ4n) is 2.95. The molecule has 7 heteroatoms. The molecule has 0 spiro atoms. The Balaban J connectivity index is 2.10. The zero-order chi connectivity index (χ0) is 15.9. The van der Waals surface area contributed by atoms with Crippen LogP contribution in [-0.2, 0) is 9.84 Å².